The highest BCUT2D eigenvalue weighted by Gasteiger charge is 2.70. The van der Waals surface area contributed by atoms with Crippen LogP contribution in [0.2, 0.25) is 0 Å². The van der Waals surface area contributed by atoms with E-state index in [0.717, 1.165) is 50.5 Å². The lowest BCUT2D eigenvalue weighted by atomic mass is 9.42. The van der Waals surface area contributed by atoms with Crippen LogP contribution in [0.3, 0.4) is 0 Å². The zero-order valence-electron chi connectivity index (χ0n) is 18.5. The van der Waals surface area contributed by atoms with Crippen molar-refractivity contribution in [3.63, 3.8) is 0 Å². The number of ether oxygens (including phenoxy) is 1. The van der Waals surface area contributed by atoms with Crippen LogP contribution in [0, 0.1) is 34.5 Å². The van der Waals surface area contributed by atoms with Crippen LogP contribution in [-0.4, -0.2) is 47.6 Å². The van der Waals surface area contributed by atoms with Crippen molar-refractivity contribution in [2.24, 2.45) is 34.5 Å². The first kappa shape index (κ1) is 20.9. The van der Waals surface area contributed by atoms with Crippen LogP contribution in [0.4, 0.5) is 0 Å². The number of cyclic esters (lactones) is 1. The Balaban J connectivity index is 1.45. The van der Waals surface area contributed by atoms with Gasteiger partial charge in [-0.25, -0.2) is 4.79 Å². The van der Waals surface area contributed by atoms with Gasteiger partial charge in [0.1, 0.15) is 6.61 Å². The average molecular weight is 420 g/mol. The van der Waals surface area contributed by atoms with Crippen molar-refractivity contribution in [3.8, 4) is 0 Å². The first-order valence-corrected chi connectivity index (χ1v) is 11.8. The van der Waals surface area contributed by atoms with Gasteiger partial charge in [-0.3, -0.25) is 0 Å². The van der Waals surface area contributed by atoms with Crippen LogP contribution in [0.15, 0.2) is 11.6 Å². The van der Waals surface area contributed by atoms with Crippen LogP contribution in [-0.2, 0) is 14.4 Å². The molecule has 4 aliphatic carbocycles. The summed E-state index contributed by atoms with van der Waals surface area (Å²) in [5, 5.41) is 23.8. The molecule has 4 fully saturated rings. The maximum absolute atomic E-state index is 12.2. The molecule has 0 unspecified atom stereocenters. The summed E-state index contributed by atoms with van der Waals surface area (Å²) in [7, 11) is 1.69. The first-order valence-electron chi connectivity index (χ1n) is 11.8. The molecule has 1 heterocycles. The molecule has 168 valence electrons. The van der Waals surface area contributed by atoms with Gasteiger partial charge in [0, 0.05) is 17.5 Å². The minimum absolute atomic E-state index is 0.0112. The number of hydrogen-bond donors (Lipinski definition) is 3. The van der Waals surface area contributed by atoms with Crippen molar-refractivity contribution in [2.75, 3.05) is 13.7 Å². The maximum atomic E-state index is 12.2. The molecule has 3 N–H and O–H groups in total. The van der Waals surface area contributed by atoms with Crippen molar-refractivity contribution in [3.05, 3.63) is 11.6 Å². The number of hydrogen-bond acceptors (Lipinski definition) is 6. The lowest BCUT2D eigenvalue weighted by Gasteiger charge is -2.65. The molecule has 6 nitrogen and oxygen atoms in total. The Hall–Kier alpha value is -0.950. The van der Waals surface area contributed by atoms with Crippen molar-refractivity contribution in [2.45, 2.75) is 83.0 Å². The normalized spacial score (nSPS) is 52.8. The van der Waals surface area contributed by atoms with E-state index in [4.69, 9.17) is 9.57 Å². The van der Waals surface area contributed by atoms with E-state index in [2.05, 4.69) is 19.3 Å². The summed E-state index contributed by atoms with van der Waals surface area (Å²) in [6.45, 7) is 4.79. The number of carbonyl (C=O) groups excluding carboxylic acids is 1. The van der Waals surface area contributed by atoms with Gasteiger partial charge in [0.15, 0.2) is 0 Å². The number of aliphatic hydroxyl groups excluding tert-OH is 1. The Morgan fingerprint density at radius 1 is 1.13 bits per heavy atom. The largest absolute Gasteiger partial charge is 0.458 e. The summed E-state index contributed by atoms with van der Waals surface area (Å²) in [5.74, 6) is 0.865. The van der Waals surface area contributed by atoms with Crippen molar-refractivity contribution < 1.29 is 24.6 Å². The molecule has 4 saturated carbocycles. The lowest BCUT2D eigenvalue weighted by Crippen LogP contribution is -2.67. The topological polar surface area (TPSA) is 88.0 Å². The van der Waals surface area contributed by atoms with E-state index in [1.54, 1.807) is 13.2 Å². The fourth-order valence-electron chi connectivity index (χ4n) is 8.66. The second-order valence-electron chi connectivity index (χ2n) is 11.2. The number of esters is 1. The minimum Gasteiger partial charge on any atom is -0.458 e. The third-order valence-corrected chi connectivity index (χ3v) is 10.4. The highest BCUT2D eigenvalue weighted by atomic mass is 16.6. The number of nitrogens with one attached hydrogen (secondary N) is 1. The lowest BCUT2D eigenvalue weighted by molar-refractivity contribution is -0.243. The quantitative estimate of drug-likeness (QED) is 0.482. The molecule has 0 saturated heterocycles. The molecule has 30 heavy (non-hydrogen) atoms. The molecule has 0 spiro atoms. The van der Waals surface area contributed by atoms with Crippen LogP contribution < -0.4 is 5.48 Å². The maximum Gasteiger partial charge on any atom is 0.331 e. The monoisotopic (exact) mass is 419 g/mol. The van der Waals surface area contributed by atoms with Crippen LogP contribution in [0.1, 0.15) is 65.2 Å². The molecule has 6 heteroatoms. The second kappa shape index (κ2) is 7.03. The molecule has 0 aromatic heterocycles. The molecule has 9 atom stereocenters. The molecule has 0 aromatic rings. The van der Waals surface area contributed by atoms with Crippen LogP contribution in [0.25, 0.3) is 0 Å². The van der Waals surface area contributed by atoms with Crippen LogP contribution >= 0.6 is 0 Å². The zero-order valence-corrected chi connectivity index (χ0v) is 18.5. The number of fused-ring (bicyclic) bond motifs is 5. The second-order valence-corrected chi connectivity index (χ2v) is 11.2. The number of carbonyl (C=O) groups is 1. The fraction of sp³-hybridized carbons (Fsp3) is 0.875. The minimum atomic E-state index is -0.887. The van der Waals surface area contributed by atoms with E-state index in [0.29, 0.717) is 30.9 Å². The molecule has 5 rings (SSSR count). The average Bonchev–Trinajstić information content (AvgIpc) is 3.25. The van der Waals surface area contributed by atoms with Gasteiger partial charge in [-0.15, -0.1) is 0 Å². The summed E-state index contributed by atoms with van der Waals surface area (Å²) >= 11 is 0. The van der Waals surface area contributed by atoms with E-state index in [1.165, 1.54) is 0 Å². The van der Waals surface area contributed by atoms with Gasteiger partial charge in [-0.1, -0.05) is 13.8 Å². The van der Waals surface area contributed by atoms with Gasteiger partial charge in [0.25, 0.3) is 0 Å². The van der Waals surface area contributed by atoms with Gasteiger partial charge >= 0.3 is 5.97 Å². The van der Waals surface area contributed by atoms with Crippen molar-refractivity contribution >= 4 is 5.97 Å². The van der Waals surface area contributed by atoms with Gasteiger partial charge < -0.3 is 19.8 Å². The van der Waals surface area contributed by atoms with Crippen molar-refractivity contribution in [1.29, 1.82) is 0 Å². The predicted octanol–water partition coefficient (Wildman–Crippen LogP) is 2.73. The fourth-order valence-corrected chi connectivity index (χ4v) is 8.66. The number of rotatable bonds is 3. The molecule has 5 aliphatic rings. The summed E-state index contributed by atoms with van der Waals surface area (Å²) in [6, 6.07) is 0.397. The molecule has 0 radical (unpaired) electrons. The molecular formula is C24H37NO5. The third-order valence-electron chi connectivity index (χ3n) is 10.4. The SMILES string of the molecule is CON[C@@H]1CC[C@@]2(C)[C@H](CC[C@@H]3[C@@H]2C[C@@H](O)[C@]2(C)[C@@H](C4=CC(=O)OC4)CC[C@]32O)C1. The Kier molecular flexibility index (Phi) is 4.90. The number of aliphatic hydroxyl groups is 2. The highest BCUT2D eigenvalue weighted by molar-refractivity contribution is 5.85. The van der Waals surface area contributed by atoms with Crippen LogP contribution in [0.5, 0.6) is 0 Å². The Bertz CT molecular complexity index is 754. The molecular weight excluding hydrogens is 382 g/mol. The van der Waals surface area contributed by atoms with E-state index < -0.39 is 17.1 Å². The summed E-state index contributed by atoms with van der Waals surface area (Å²) in [5.41, 5.74) is 2.77. The third kappa shape index (κ3) is 2.66. The zero-order chi connectivity index (χ0) is 21.3. The van der Waals surface area contributed by atoms with E-state index >= 15 is 0 Å². The van der Waals surface area contributed by atoms with Gasteiger partial charge in [0.2, 0.25) is 0 Å². The molecule has 0 aromatic carbocycles. The predicted molar refractivity (Wildman–Crippen MR) is 111 cm³/mol. The van der Waals surface area contributed by atoms with Gasteiger partial charge in [-0.05, 0) is 86.0 Å². The summed E-state index contributed by atoms with van der Waals surface area (Å²) in [4.78, 5) is 16.9. The molecule has 0 amide bonds. The van der Waals surface area contributed by atoms with E-state index in [-0.39, 0.29) is 23.2 Å². The smallest absolute Gasteiger partial charge is 0.331 e. The molecule has 1 aliphatic heterocycles. The first-order chi connectivity index (χ1) is 14.2. The van der Waals surface area contributed by atoms with E-state index in [9.17, 15) is 15.0 Å². The standard InChI is InChI=1S/C24H37NO5/c1-22-8-6-16(25-29-3)11-15(22)4-5-18-19(22)12-20(26)23(2)17(7-9-24(18,23)28)14-10-21(27)30-13-14/h10,15-20,25-26,28H,4-9,11-13H2,1-3H3/t15-,16-,17-,18-,19+,20-,22+,23+,24+/m1/s1. The molecule has 0 bridgehead atoms. The van der Waals surface area contributed by atoms with Crippen molar-refractivity contribution in [1.82, 2.24) is 5.48 Å². The van der Waals surface area contributed by atoms with Gasteiger partial charge in [0.05, 0.1) is 18.8 Å². The number of hydroxylamine groups is 1. The van der Waals surface area contributed by atoms with Gasteiger partial charge in [-0.2, -0.15) is 5.48 Å². The summed E-state index contributed by atoms with van der Waals surface area (Å²) in [6.07, 6.45) is 8.73. The highest BCUT2D eigenvalue weighted by Crippen LogP contribution is 2.69. The Morgan fingerprint density at radius 2 is 1.93 bits per heavy atom. The van der Waals surface area contributed by atoms with E-state index in [1.807, 2.05) is 0 Å². The Morgan fingerprint density at radius 3 is 2.63 bits per heavy atom. The Labute approximate surface area is 179 Å². The summed E-state index contributed by atoms with van der Waals surface area (Å²) < 4.78 is 5.18.